The van der Waals surface area contributed by atoms with Crippen molar-refractivity contribution in [2.45, 2.75) is 26.2 Å². The number of aromatic nitrogens is 4. The van der Waals surface area contributed by atoms with Gasteiger partial charge in [-0.2, -0.15) is 9.97 Å². The summed E-state index contributed by atoms with van der Waals surface area (Å²) >= 11 is 1.78. The average molecular weight is 588 g/mol. The molecular weight excluding hydrogens is 559 g/mol. The van der Waals surface area contributed by atoms with Gasteiger partial charge in [0, 0.05) is 44.0 Å². The van der Waals surface area contributed by atoms with Gasteiger partial charge in [-0.3, -0.25) is 9.88 Å². The van der Waals surface area contributed by atoms with E-state index in [1.807, 2.05) is 66.9 Å². The number of para-hydroxylation sites is 1. The lowest BCUT2D eigenvalue weighted by Crippen LogP contribution is -2.30. The summed E-state index contributed by atoms with van der Waals surface area (Å²) in [5, 5.41) is 2.35. The van der Waals surface area contributed by atoms with Gasteiger partial charge in [0.25, 0.3) is 0 Å². The summed E-state index contributed by atoms with van der Waals surface area (Å²) in [7, 11) is 0. The van der Waals surface area contributed by atoms with Crippen LogP contribution in [0, 0.1) is 6.92 Å². The second-order valence-corrected chi connectivity index (χ2v) is 12.7. The molecule has 7 aromatic rings. The van der Waals surface area contributed by atoms with E-state index in [-0.39, 0.29) is 5.41 Å². The zero-order valence-corrected chi connectivity index (χ0v) is 25.5. The van der Waals surface area contributed by atoms with E-state index in [2.05, 4.69) is 80.3 Å². The zero-order valence-electron chi connectivity index (χ0n) is 24.7. The molecule has 8 rings (SSSR count). The van der Waals surface area contributed by atoms with Crippen molar-refractivity contribution in [3.8, 4) is 34.0 Å². The van der Waals surface area contributed by atoms with Crippen LogP contribution in [-0.4, -0.2) is 19.9 Å². The van der Waals surface area contributed by atoms with Gasteiger partial charge in [0.05, 0.1) is 11.4 Å². The lowest BCUT2D eigenvalue weighted by Gasteiger charge is -2.39. The summed E-state index contributed by atoms with van der Waals surface area (Å²) < 4.78 is 1.21. The van der Waals surface area contributed by atoms with Crippen molar-refractivity contribution in [1.29, 1.82) is 0 Å². The summed E-state index contributed by atoms with van der Waals surface area (Å²) in [5.41, 5.74) is 8.44. The minimum atomic E-state index is -0.279. The van der Waals surface area contributed by atoms with Crippen LogP contribution in [0.15, 0.2) is 121 Å². The van der Waals surface area contributed by atoms with Crippen molar-refractivity contribution in [2.24, 2.45) is 0 Å². The number of hydrogen-bond donors (Lipinski definition) is 0. The van der Waals surface area contributed by atoms with E-state index in [1.54, 1.807) is 11.3 Å². The van der Waals surface area contributed by atoms with Crippen molar-refractivity contribution < 1.29 is 0 Å². The van der Waals surface area contributed by atoms with Crippen LogP contribution in [0.2, 0.25) is 0 Å². The molecule has 0 N–H and O–H groups in total. The van der Waals surface area contributed by atoms with Crippen molar-refractivity contribution in [2.75, 3.05) is 4.90 Å². The van der Waals surface area contributed by atoms with Crippen molar-refractivity contribution >= 4 is 38.1 Å². The smallest absolute Gasteiger partial charge is 0.239 e. The maximum atomic E-state index is 5.16. The van der Waals surface area contributed by atoms with E-state index in [0.717, 1.165) is 38.6 Å². The van der Waals surface area contributed by atoms with E-state index in [1.165, 1.54) is 21.2 Å². The molecule has 4 aromatic carbocycles. The Morgan fingerprint density at radius 1 is 0.659 bits per heavy atom. The first-order valence-electron chi connectivity index (χ1n) is 14.7. The molecule has 0 aliphatic carbocycles. The second kappa shape index (κ2) is 10.2. The van der Waals surface area contributed by atoms with Crippen molar-refractivity contribution in [1.82, 2.24) is 19.9 Å². The molecule has 44 heavy (non-hydrogen) atoms. The Kier molecular flexibility index (Phi) is 6.13. The number of anilines is 3. The van der Waals surface area contributed by atoms with Crippen LogP contribution < -0.4 is 4.90 Å². The Morgan fingerprint density at radius 3 is 1.98 bits per heavy atom. The van der Waals surface area contributed by atoms with Crippen LogP contribution in [0.1, 0.15) is 30.5 Å². The minimum Gasteiger partial charge on any atom is -0.269 e. The summed E-state index contributed by atoms with van der Waals surface area (Å²) in [4.78, 5) is 22.4. The van der Waals surface area contributed by atoms with Gasteiger partial charge in [-0.05, 0) is 36.2 Å². The first-order chi connectivity index (χ1) is 21.5. The van der Waals surface area contributed by atoms with Crippen LogP contribution in [0.4, 0.5) is 16.6 Å². The van der Waals surface area contributed by atoms with E-state index in [4.69, 9.17) is 19.9 Å². The lowest BCUT2D eigenvalue weighted by atomic mass is 9.73. The first-order valence-corrected chi connectivity index (χ1v) is 15.6. The summed E-state index contributed by atoms with van der Waals surface area (Å²) in [6.45, 7) is 6.72. The Labute approximate surface area is 260 Å². The molecule has 5 nitrogen and oxygen atoms in total. The number of nitrogens with zero attached hydrogens (tertiary/aromatic N) is 5. The molecular formula is C38H29N5S. The highest BCUT2D eigenvalue weighted by molar-refractivity contribution is 7.23. The number of fused-ring (bicyclic) bond motifs is 4. The maximum absolute atomic E-state index is 5.16. The summed E-state index contributed by atoms with van der Waals surface area (Å²) in [6.07, 6.45) is 1.95. The number of pyridine rings is 1. The van der Waals surface area contributed by atoms with Gasteiger partial charge in [0.2, 0.25) is 5.95 Å². The fourth-order valence-corrected chi connectivity index (χ4v) is 7.65. The number of hydrogen-bond acceptors (Lipinski definition) is 6. The van der Waals surface area contributed by atoms with E-state index >= 15 is 0 Å². The molecule has 3 aromatic heterocycles. The van der Waals surface area contributed by atoms with Crippen LogP contribution in [0.25, 0.3) is 44.1 Å². The first kappa shape index (κ1) is 26.4. The normalized spacial score (nSPS) is 13.5. The molecule has 1 aliphatic rings. The molecule has 0 bridgehead atoms. The molecule has 0 radical (unpaired) electrons. The molecule has 4 heterocycles. The highest BCUT2D eigenvalue weighted by Crippen LogP contribution is 2.58. The summed E-state index contributed by atoms with van der Waals surface area (Å²) in [5.74, 6) is 1.89. The van der Waals surface area contributed by atoms with Gasteiger partial charge in [0.15, 0.2) is 11.6 Å². The predicted molar refractivity (Wildman–Crippen MR) is 181 cm³/mol. The highest BCUT2D eigenvalue weighted by atomic mass is 32.1. The molecule has 0 atom stereocenters. The van der Waals surface area contributed by atoms with Gasteiger partial charge < -0.3 is 0 Å². The molecule has 212 valence electrons. The maximum Gasteiger partial charge on any atom is 0.239 e. The van der Waals surface area contributed by atoms with Gasteiger partial charge in [-0.25, -0.2) is 4.98 Å². The summed E-state index contributed by atoms with van der Waals surface area (Å²) in [6, 6.07) is 39.7. The molecule has 0 fully saturated rings. The van der Waals surface area contributed by atoms with Crippen LogP contribution in [0.3, 0.4) is 0 Å². The van der Waals surface area contributed by atoms with Crippen LogP contribution >= 0.6 is 11.3 Å². The quantitative estimate of drug-likeness (QED) is 0.205. The molecule has 0 unspecified atom stereocenters. The second-order valence-electron chi connectivity index (χ2n) is 11.7. The van der Waals surface area contributed by atoms with Crippen molar-refractivity contribution in [3.05, 3.63) is 138 Å². The van der Waals surface area contributed by atoms with Gasteiger partial charge in [-0.15, -0.1) is 11.3 Å². The van der Waals surface area contributed by atoms with Crippen LogP contribution in [-0.2, 0) is 5.41 Å². The molecule has 0 amide bonds. The predicted octanol–water partition coefficient (Wildman–Crippen LogP) is 9.90. The Balaban J connectivity index is 1.44. The topological polar surface area (TPSA) is 54.8 Å². The molecule has 0 spiro atoms. The number of aryl methyl sites for hydroxylation is 1. The Hall–Kier alpha value is -5.20. The van der Waals surface area contributed by atoms with Gasteiger partial charge in [-0.1, -0.05) is 111 Å². The third-order valence-electron chi connectivity index (χ3n) is 8.42. The molecule has 0 saturated heterocycles. The standard InChI is InChI=1S/C38H29N5S/c1-24-21-22-29(39-23-24)27-17-12-20-31-32(27)33-36(44-31)43(30-19-11-10-18-28(30)38(33,2)3)37-41-34(25-13-6-4-7-14-25)40-35(42-37)26-15-8-5-9-16-26/h4-23H,1-3H3. The van der Waals surface area contributed by atoms with E-state index in [0.29, 0.717) is 17.6 Å². The Morgan fingerprint density at radius 2 is 1.32 bits per heavy atom. The van der Waals surface area contributed by atoms with Gasteiger partial charge in [0.1, 0.15) is 5.00 Å². The SMILES string of the molecule is Cc1ccc(-c2cccc3sc4c(c23)C(C)(C)c2ccccc2N4c2nc(-c3ccccc3)nc(-c3ccccc3)n2)nc1. The molecule has 1 aliphatic heterocycles. The van der Waals surface area contributed by atoms with Crippen LogP contribution in [0.5, 0.6) is 0 Å². The lowest BCUT2D eigenvalue weighted by molar-refractivity contribution is 0.640. The van der Waals surface area contributed by atoms with E-state index in [9.17, 15) is 0 Å². The number of thiophene rings is 1. The monoisotopic (exact) mass is 587 g/mol. The van der Waals surface area contributed by atoms with Crippen molar-refractivity contribution in [3.63, 3.8) is 0 Å². The number of rotatable bonds is 4. The zero-order chi connectivity index (χ0) is 29.8. The third-order valence-corrected chi connectivity index (χ3v) is 9.56. The fourth-order valence-electron chi connectivity index (χ4n) is 6.25. The fraction of sp³-hybridized carbons (Fsp3) is 0.105. The average Bonchev–Trinajstić information content (AvgIpc) is 3.47. The Bertz CT molecular complexity index is 2090. The molecule has 6 heteroatoms. The molecule has 0 saturated carbocycles. The van der Waals surface area contributed by atoms with E-state index < -0.39 is 0 Å². The largest absolute Gasteiger partial charge is 0.269 e. The third kappa shape index (κ3) is 4.21. The number of benzene rings is 4. The highest BCUT2D eigenvalue weighted by Gasteiger charge is 2.41. The van der Waals surface area contributed by atoms with Gasteiger partial charge >= 0.3 is 0 Å². The minimum absolute atomic E-state index is 0.279.